The van der Waals surface area contributed by atoms with Crippen molar-refractivity contribution in [3.05, 3.63) is 54.6 Å². The van der Waals surface area contributed by atoms with Crippen LogP contribution in [-0.2, 0) is 19.6 Å². The highest BCUT2D eigenvalue weighted by atomic mass is 32.2. The van der Waals surface area contributed by atoms with E-state index in [1.807, 2.05) is 30.3 Å². The lowest BCUT2D eigenvalue weighted by Crippen LogP contribution is -2.43. The summed E-state index contributed by atoms with van der Waals surface area (Å²) in [6.07, 6.45) is 2.63. The van der Waals surface area contributed by atoms with E-state index in [0.29, 0.717) is 38.0 Å². The van der Waals surface area contributed by atoms with Gasteiger partial charge in [-0.25, -0.2) is 8.42 Å². The minimum Gasteiger partial charge on any atom is -0.326 e. The second kappa shape index (κ2) is 8.57. The molecule has 2 aliphatic heterocycles. The van der Waals surface area contributed by atoms with Gasteiger partial charge < -0.3 is 10.2 Å². The van der Waals surface area contributed by atoms with Gasteiger partial charge >= 0.3 is 0 Å². The Bertz CT molecular complexity index is 1020. The summed E-state index contributed by atoms with van der Waals surface area (Å²) >= 11 is 0. The summed E-state index contributed by atoms with van der Waals surface area (Å²) in [4.78, 5) is 26.4. The fourth-order valence-electron chi connectivity index (χ4n) is 4.01. The van der Waals surface area contributed by atoms with Crippen LogP contribution in [-0.4, -0.2) is 44.2 Å². The monoisotopic (exact) mass is 427 g/mol. The summed E-state index contributed by atoms with van der Waals surface area (Å²) in [7, 11) is -3.71. The standard InChI is InChI=1S/C22H25N3O4S/c26-21-9-5-15-25(21)19-10-12-20(13-11-19)30(28,29)24-14-4-6-17(16-24)22(27)23-18-7-2-1-3-8-18/h1-3,7-8,10-13,17H,4-6,9,14-16H2,(H,23,27)/t17-/m0/s1. The Balaban J connectivity index is 1.45. The molecule has 0 unspecified atom stereocenters. The van der Waals surface area contributed by atoms with Crippen molar-refractivity contribution in [3.8, 4) is 0 Å². The lowest BCUT2D eigenvalue weighted by molar-refractivity contribution is -0.121. The second-order valence-corrected chi connectivity index (χ2v) is 9.64. The highest BCUT2D eigenvalue weighted by molar-refractivity contribution is 7.89. The third-order valence-electron chi connectivity index (χ3n) is 5.66. The van der Waals surface area contributed by atoms with E-state index in [4.69, 9.17) is 0 Å². The van der Waals surface area contributed by atoms with Gasteiger partial charge in [0.15, 0.2) is 0 Å². The number of piperidine rings is 1. The van der Waals surface area contributed by atoms with E-state index >= 15 is 0 Å². The quantitative estimate of drug-likeness (QED) is 0.795. The predicted molar refractivity (Wildman–Crippen MR) is 115 cm³/mol. The molecule has 0 spiro atoms. The molecule has 4 rings (SSSR count). The molecular formula is C22H25N3O4S. The normalized spacial score (nSPS) is 20.3. The molecule has 2 aromatic rings. The van der Waals surface area contributed by atoms with E-state index in [-0.39, 0.29) is 23.3 Å². The first kappa shape index (κ1) is 20.6. The van der Waals surface area contributed by atoms with Crippen LogP contribution in [0.15, 0.2) is 59.5 Å². The Labute approximate surface area is 176 Å². The molecule has 2 saturated heterocycles. The van der Waals surface area contributed by atoms with Crippen molar-refractivity contribution in [3.63, 3.8) is 0 Å². The Hall–Kier alpha value is -2.71. The van der Waals surface area contributed by atoms with E-state index in [1.165, 1.54) is 4.31 Å². The molecule has 2 heterocycles. The van der Waals surface area contributed by atoms with Crippen LogP contribution in [0.4, 0.5) is 11.4 Å². The van der Waals surface area contributed by atoms with Gasteiger partial charge in [-0.2, -0.15) is 4.31 Å². The molecule has 0 bridgehead atoms. The predicted octanol–water partition coefficient (Wildman–Crippen LogP) is 2.85. The van der Waals surface area contributed by atoms with Crippen LogP contribution >= 0.6 is 0 Å². The molecule has 0 saturated carbocycles. The van der Waals surface area contributed by atoms with Gasteiger partial charge in [0.25, 0.3) is 0 Å². The first-order valence-corrected chi connectivity index (χ1v) is 11.7. The van der Waals surface area contributed by atoms with E-state index < -0.39 is 15.9 Å². The molecule has 0 aliphatic carbocycles. The molecule has 1 atom stereocenters. The van der Waals surface area contributed by atoms with Gasteiger partial charge in [0.05, 0.1) is 10.8 Å². The van der Waals surface area contributed by atoms with Crippen LogP contribution in [0.1, 0.15) is 25.7 Å². The lowest BCUT2D eigenvalue weighted by atomic mass is 9.99. The lowest BCUT2D eigenvalue weighted by Gasteiger charge is -2.31. The summed E-state index contributed by atoms with van der Waals surface area (Å²) < 4.78 is 27.6. The largest absolute Gasteiger partial charge is 0.326 e. The Morgan fingerprint density at radius 3 is 2.37 bits per heavy atom. The number of rotatable bonds is 5. The summed E-state index contributed by atoms with van der Waals surface area (Å²) in [6.45, 7) is 1.21. The molecule has 2 aromatic carbocycles. The molecule has 2 aliphatic rings. The number of hydrogen-bond donors (Lipinski definition) is 1. The maximum Gasteiger partial charge on any atom is 0.243 e. The zero-order valence-corrected chi connectivity index (χ0v) is 17.5. The van der Waals surface area contributed by atoms with Gasteiger partial charge in [0.1, 0.15) is 0 Å². The van der Waals surface area contributed by atoms with Crippen LogP contribution in [0, 0.1) is 5.92 Å². The van der Waals surface area contributed by atoms with Crippen molar-refractivity contribution in [2.75, 3.05) is 29.9 Å². The topological polar surface area (TPSA) is 86.8 Å². The summed E-state index contributed by atoms with van der Waals surface area (Å²) in [6, 6.07) is 15.6. The minimum absolute atomic E-state index is 0.0638. The van der Waals surface area contributed by atoms with Gasteiger partial charge in [-0.3, -0.25) is 9.59 Å². The number of nitrogens with zero attached hydrogens (tertiary/aromatic N) is 2. The molecule has 2 amide bonds. The number of para-hydroxylation sites is 1. The van der Waals surface area contributed by atoms with Crippen LogP contribution in [0.2, 0.25) is 0 Å². The van der Waals surface area contributed by atoms with Crippen LogP contribution in [0.25, 0.3) is 0 Å². The van der Waals surface area contributed by atoms with Crippen LogP contribution in [0.5, 0.6) is 0 Å². The van der Waals surface area contributed by atoms with Crippen molar-refractivity contribution in [2.45, 2.75) is 30.6 Å². The molecule has 8 heteroatoms. The van der Waals surface area contributed by atoms with Gasteiger partial charge in [-0.05, 0) is 55.7 Å². The first-order valence-electron chi connectivity index (χ1n) is 10.2. The van der Waals surface area contributed by atoms with Crippen LogP contribution < -0.4 is 10.2 Å². The molecular weight excluding hydrogens is 402 g/mol. The minimum atomic E-state index is -3.71. The highest BCUT2D eigenvalue weighted by Crippen LogP contribution is 2.27. The number of nitrogens with one attached hydrogen (secondary N) is 1. The molecule has 0 radical (unpaired) electrons. The van der Waals surface area contributed by atoms with E-state index in [9.17, 15) is 18.0 Å². The zero-order chi connectivity index (χ0) is 21.1. The molecule has 2 fully saturated rings. The van der Waals surface area contributed by atoms with Gasteiger partial charge in [0, 0.05) is 37.4 Å². The summed E-state index contributed by atoms with van der Waals surface area (Å²) in [5.41, 5.74) is 1.42. The van der Waals surface area contributed by atoms with E-state index in [2.05, 4.69) is 5.32 Å². The maximum absolute atomic E-state index is 13.1. The van der Waals surface area contributed by atoms with Crippen LogP contribution in [0.3, 0.4) is 0 Å². The number of benzene rings is 2. The highest BCUT2D eigenvalue weighted by Gasteiger charge is 2.33. The zero-order valence-electron chi connectivity index (χ0n) is 16.7. The third kappa shape index (κ3) is 4.24. The van der Waals surface area contributed by atoms with Crippen molar-refractivity contribution in [2.24, 2.45) is 5.92 Å². The van der Waals surface area contributed by atoms with Gasteiger partial charge in [-0.15, -0.1) is 0 Å². The molecule has 1 N–H and O–H groups in total. The second-order valence-electron chi connectivity index (χ2n) is 7.70. The number of hydrogen-bond acceptors (Lipinski definition) is 4. The first-order chi connectivity index (χ1) is 14.4. The third-order valence-corrected chi connectivity index (χ3v) is 7.54. The molecule has 30 heavy (non-hydrogen) atoms. The van der Waals surface area contributed by atoms with Crippen molar-refractivity contribution in [1.82, 2.24) is 4.31 Å². The fourth-order valence-corrected chi connectivity index (χ4v) is 5.53. The number of anilines is 2. The molecule has 0 aromatic heterocycles. The van der Waals surface area contributed by atoms with Gasteiger partial charge in [-0.1, -0.05) is 18.2 Å². The molecule has 158 valence electrons. The fraction of sp³-hybridized carbons (Fsp3) is 0.364. The number of amides is 2. The van der Waals surface area contributed by atoms with Gasteiger partial charge in [0.2, 0.25) is 21.8 Å². The number of carbonyl (C=O) groups excluding carboxylic acids is 2. The molecule has 7 nitrogen and oxygen atoms in total. The maximum atomic E-state index is 13.1. The van der Waals surface area contributed by atoms with E-state index in [0.717, 1.165) is 12.1 Å². The van der Waals surface area contributed by atoms with E-state index in [1.54, 1.807) is 29.2 Å². The van der Waals surface area contributed by atoms with Crippen molar-refractivity contribution in [1.29, 1.82) is 0 Å². The Kier molecular flexibility index (Phi) is 5.87. The summed E-state index contributed by atoms with van der Waals surface area (Å²) in [5, 5.41) is 2.87. The smallest absolute Gasteiger partial charge is 0.243 e. The average Bonchev–Trinajstić information content (AvgIpc) is 3.20. The van der Waals surface area contributed by atoms with Crippen molar-refractivity contribution >= 4 is 33.2 Å². The van der Waals surface area contributed by atoms with Crippen molar-refractivity contribution < 1.29 is 18.0 Å². The Morgan fingerprint density at radius 2 is 1.70 bits per heavy atom. The number of sulfonamides is 1. The summed E-state index contributed by atoms with van der Waals surface area (Å²) in [5.74, 6) is -0.492. The average molecular weight is 428 g/mol. The number of carbonyl (C=O) groups is 2. The SMILES string of the molecule is O=C(Nc1ccccc1)[C@H]1CCCN(S(=O)(=O)c2ccc(N3CCCC3=O)cc2)C1. The Morgan fingerprint density at radius 1 is 0.967 bits per heavy atom.